The zero-order valence-corrected chi connectivity index (χ0v) is 9.24. The summed E-state index contributed by atoms with van der Waals surface area (Å²) >= 11 is 3.20. The number of aromatic nitrogens is 1. The van der Waals surface area contributed by atoms with Gasteiger partial charge in [-0.15, -0.1) is 0 Å². The highest BCUT2D eigenvalue weighted by Gasteiger charge is 2.10. The summed E-state index contributed by atoms with van der Waals surface area (Å²) < 4.78 is 5.44. The summed E-state index contributed by atoms with van der Waals surface area (Å²) in [6.07, 6.45) is 0. The first-order chi connectivity index (χ1) is 6.69. The summed E-state index contributed by atoms with van der Waals surface area (Å²) in [6, 6.07) is 3.20. The molecule has 0 radical (unpaired) electrons. The molecule has 0 atom stereocenters. The number of aliphatic hydroxyl groups excluding tert-OH is 1. The van der Waals surface area contributed by atoms with E-state index in [-0.39, 0.29) is 12.3 Å². The summed E-state index contributed by atoms with van der Waals surface area (Å²) in [7, 11) is 0. The Morgan fingerprint density at radius 1 is 1.64 bits per heavy atom. The van der Waals surface area contributed by atoms with Gasteiger partial charge in [0.25, 0.3) is 0 Å². The molecule has 0 bridgehead atoms. The normalized spacial score (nSPS) is 9.93. The first-order valence-electron chi connectivity index (χ1n) is 4.12. The molecule has 1 N–H and O–H groups in total. The highest BCUT2D eigenvalue weighted by molar-refractivity contribution is 9.10. The molecular formula is C9H10BrNO3. The second-order valence-corrected chi connectivity index (χ2v) is 3.36. The third-order valence-corrected chi connectivity index (χ3v) is 2.27. The number of carbonyl (C=O) groups excluding carboxylic acids is 1. The Kier molecular flexibility index (Phi) is 4.03. The number of ether oxygens (including phenoxy) is 1. The fourth-order valence-corrected chi connectivity index (χ4v) is 1.26. The minimum Gasteiger partial charge on any atom is -0.461 e. The molecule has 1 aromatic heterocycles. The van der Waals surface area contributed by atoms with Crippen LogP contribution in [0.4, 0.5) is 0 Å². The molecule has 0 spiro atoms. The van der Waals surface area contributed by atoms with Crippen molar-refractivity contribution < 1.29 is 14.6 Å². The number of rotatable bonds is 3. The van der Waals surface area contributed by atoms with Crippen molar-refractivity contribution in [2.24, 2.45) is 0 Å². The lowest BCUT2D eigenvalue weighted by Gasteiger charge is -2.03. The van der Waals surface area contributed by atoms with E-state index in [1.54, 1.807) is 19.1 Å². The van der Waals surface area contributed by atoms with E-state index in [9.17, 15) is 4.79 Å². The maximum absolute atomic E-state index is 11.2. The number of pyridine rings is 1. The second kappa shape index (κ2) is 5.07. The van der Waals surface area contributed by atoms with Crippen LogP contribution in [0.25, 0.3) is 0 Å². The van der Waals surface area contributed by atoms with E-state index in [1.165, 1.54) is 0 Å². The van der Waals surface area contributed by atoms with Gasteiger partial charge in [-0.1, -0.05) is 0 Å². The minimum absolute atomic E-state index is 0.208. The fourth-order valence-electron chi connectivity index (χ4n) is 0.914. The fraction of sp³-hybridized carbons (Fsp3) is 0.333. The molecule has 1 rings (SSSR count). The highest BCUT2D eigenvalue weighted by atomic mass is 79.9. The predicted molar refractivity (Wildman–Crippen MR) is 53.8 cm³/mol. The first kappa shape index (κ1) is 11.1. The van der Waals surface area contributed by atoms with Crippen LogP contribution in [0.3, 0.4) is 0 Å². The Morgan fingerprint density at radius 2 is 2.36 bits per heavy atom. The van der Waals surface area contributed by atoms with Gasteiger partial charge < -0.3 is 9.84 Å². The molecular weight excluding hydrogens is 250 g/mol. The molecule has 4 nitrogen and oxygen atoms in total. The Morgan fingerprint density at radius 3 is 2.93 bits per heavy atom. The molecule has 0 aliphatic heterocycles. The second-order valence-electron chi connectivity index (χ2n) is 2.50. The van der Waals surface area contributed by atoms with Crippen molar-refractivity contribution >= 4 is 21.9 Å². The van der Waals surface area contributed by atoms with Crippen LogP contribution < -0.4 is 0 Å². The molecule has 1 heterocycles. The monoisotopic (exact) mass is 259 g/mol. The Hall–Kier alpha value is -0.940. The van der Waals surface area contributed by atoms with E-state index < -0.39 is 5.97 Å². The van der Waals surface area contributed by atoms with E-state index in [1.807, 2.05) is 0 Å². The molecule has 0 saturated heterocycles. The summed E-state index contributed by atoms with van der Waals surface area (Å²) in [6.45, 7) is 1.82. The van der Waals surface area contributed by atoms with Gasteiger partial charge in [0.15, 0.2) is 0 Å². The number of nitrogens with zero attached hydrogens (tertiary/aromatic N) is 1. The molecule has 0 amide bonds. The molecule has 14 heavy (non-hydrogen) atoms. The molecule has 1 aromatic rings. The van der Waals surface area contributed by atoms with Crippen LogP contribution in [0.5, 0.6) is 0 Å². The van der Waals surface area contributed by atoms with Crippen LogP contribution in [0, 0.1) is 0 Å². The molecule has 0 unspecified atom stereocenters. The van der Waals surface area contributed by atoms with Gasteiger partial charge in [0, 0.05) is 4.47 Å². The van der Waals surface area contributed by atoms with Crippen molar-refractivity contribution in [1.29, 1.82) is 0 Å². The lowest BCUT2D eigenvalue weighted by molar-refractivity contribution is 0.0519. The Balaban J connectivity index is 2.94. The molecule has 76 valence electrons. The largest absolute Gasteiger partial charge is 0.461 e. The lowest BCUT2D eigenvalue weighted by atomic mass is 10.3. The number of halogens is 1. The quantitative estimate of drug-likeness (QED) is 0.837. The van der Waals surface area contributed by atoms with E-state index in [0.717, 1.165) is 0 Å². The Bertz CT molecular complexity index is 341. The van der Waals surface area contributed by atoms with Crippen LogP contribution in [0.2, 0.25) is 0 Å². The van der Waals surface area contributed by atoms with Gasteiger partial charge in [-0.3, -0.25) is 0 Å². The summed E-state index contributed by atoms with van der Waals surface area (Å²) in [5.74, 6) is -0.477. The molecule has 0 aromatic carbocycles. The third-order valence-electron chi connectivity index (χ3n) is 1.55. The molecule has 5 heteroatoms. The van der Waals surface area contributed by atoms with Crippen molar-refractivity contribution in [3.63, 3.8) is 0 Å². The minimum atomic E-state index is -0.477. The van der Waals surface area contributed by atoms with Crippen LogP contribution >= 0.6 is 15.9 Å². The Labute approximate surface area is 90.0 Å². The average molecular weight is 260 g/mol. The molecule has 0 saturated carbocycles. The molecule has 0 aliphatic rings. The van der Waals surface area contributed by atoms with Gasteiger partial charge in [-0.25, -0.2) is 9.78 Å². The number of esters is 1. The van der Waals surface area contributed by atoms with E-state index >= 15 is 0 Å². The lowest BCUT2D eigenvalue weighted by Crippen LogP contribution is -2.08. The summed E-state index contributed by atoms with van der Waals surface area (Å²) in [5, 5.41) is 8.91. The summed E-state index contributed by atoms with van der Waals surface area (Å²) in [4.78, 5) is 15.2. The van der Waals surface area contributed by atoms with E-state index in [0.29, 0.717) is 16.8 Å². The van der Waals surface area contributed by atoms with Gasteiger partial charge in [0.05, 0.1) is 18.9 Å². The van der Waals surface area contributed by atoms with Crippen molar-refractivity contribution in [3.8, 4) is 0 Å². The van der Waals surface area contributed by atoms with Gasteiger partial charge in [-0.2, -0.15) is 0 Å². The van der Waals surface area contributed by atoms with Crippen molar-refractivity contribution in [1.82, 2.24) is 4.98 Å². The van der Waals surface area contributed by atoms with Gasteiger partial charge in [0.1, 0.15) is 5.69 Å². The zero-order chi connectivity index (χ0) is 10.6. The predicted octanol–water partition coefficient (Wildman–Crippen LogP) is 1.51. The van der Waals surface area contributed by atoms with E-state index in [4.69, 9.17) is 9.84 Å². The van der Waals surface area contributed by atoms with E-state index in [2.05, 4.69) is 20.9 Å². The van der Waals surface area contributed by atoms with Crippen molar-refractivity contribution in [3.05, 3.63) is 28.0 Å². The summed E-state index contributed by atoms with van der Waals surface area (Å²) in [5.41, 5.74) is 0.634. The van der Waals surface area contributed by atoms with Crippen molar-refractivity contribution in [2.45, 2.75) is 13.5 Å². The van der Waals surface area contributed by atoms with Gasteiger partial charge in [-0.05, 0) is 35.0 Å². The maximum Gasteiger partial charge on any atom is 0.356 e. The number of carbonyl (C=O) groups is 1. The zero-order valence-electron chi connectivity index (χ0n) is 7.66. The van der Waals surface area contributed by atoms with Gasteiger partial charge >= 0.3 is 5.97 Å². The van der Waals surface area contributed by atoms with Crippen LogP contribution in [-0.2, 0) is 11.3 Å². The third kappa shape index (κ3) is 2.52. The van der Waals surface area contributed by atoms with Crippen molar-refractivity contribution in [2.75, 3.05) is 6.61 Å². The number of hydrogen-bond donors (Lipinski definition) is 1. The van der Waals surface area contributed by atoms with Crippen LogP contribution in [0.15, 0.2) is 16.6 Å². The topological polar surface area (TPSA) is 59.4 Å². The number of hydrogen-bond acceptors (Lipinski definition) is 4. The SMILES string of the molecule is CCOC(=O)c1ccc(Br)c(CO)n1. The maximum atomic E-state index is 11.2. The number of aliphatic hydroxyl groups is 1. The standard InChI is InChI=1S/C9H10BrNO3/c1-2-14-9(13)7-4-3-6(10)8(5-12)11-7/h3-4,12H,2,5H2,1H3. The van der Waals surface area contributed by atoms with Crippen LogP contribution in [0.1, 0.15) is 23.1 Å². The molecule has 0 fully saturated rings. The van der Waals surface area contributed by atoms with Crippen LogP contribution in [-0.4, -0.2) is 22.7 Å². The average Bonchev–Trinajstić information content (AvgIpc) is 2.19. The highest BCUT2D eigenvalue weighted by Crippen LogP contribution is 2.15. The first-order valence-corrected chi connectivity index (χ1v) is 4.91. The smallest absolute Gasteiger partial charge is 0.356 e. The molecule has 0 aliphatic carbocycles. The van der Waals surface area contributed by atoms with Gasteiger partial charge in [0.2, 0.25) is 0 Å².